The van der Waals surface area contributed by atoms with Gasteiger partial charge in [-0.1, -0.05) is 36.7 Å². The molecule has 0 heterocycles. The van der Waals surface area contributed by atoms with E-state index in [1.807, 2.05) is 19.1 Å². The van der Waals surface area contributed by atoms with Gasteiger partial charge in [0.05, 0.1) is 16.8 Å². The van der Waals surface area contributed by atoms with Crippen LogP contribution in [-0.4, -0.2) is 5.11 Å². The zero-order chi connectivity index (χ0) is 13.8. The lowest BCUT2D eigenvalue weighted by atomic mass is 10.0. The number of phenolic OH excluding ortho intramolecular Hbond substituents is 1. The Hall–Kier alpha value is -1.74. The molecule has 2 rings (SSSR count). The van der Waals surface area contributed by atoms with Crippen molar-refractivity contribution < 1.29 is 9.50 Å². The Bertz CT molecular complexity index is 557. The highest BCUT2D eigenvalue weighted by Crippen LogP contribution is 2.28. The molecule has 2 aromatic carbocycles. The van der Waals surface area contributed by atoms with Gasteiger partial charge < -0.3 is 10.4 Å². The molecule has 0 spiro atoms. The van der Waals surface area contributed by atoms with Crippen molar-refractivity contribution in [2.24, 2.45) is 0 Å². The minimum Gasteiger partial charge on any atom is -0.508 e. The first-order valence-electron chi connectivity index (χ1n) is 6.11. The molecular weight excluding hydrogens is 265 g/mol. The first-order chi connectivity index (χ1) is 9.11. The van der Waals surface area contributed by atoms with Crippen molar-refractivity contribution in [1.82, 2.24) is 0 Å². The van der Waals surface area contributed by atoms with E-state index in [9.17, 15) is 9.50 Å². The van der Waals surface area contributed by atoms with Crippen LogP contribution < -0.4 is 5.32 Å². The van der Waals surface area contributed by atoms with E-state index in [0.29, 0.717) is 5.69 Å². The number of benzene rings is 2. The fourth-order valence-electron chi connectivity index (χ4n) is 1.93. The van der Waals surface area contributed by atoms with Gasteiger partial charge in [0.15, 0.2) is 5.82 Å². The van der Waals surface area contributed by atoms with Crippen molar-refractivity contribution in [3.8, 4) is 5.75 Å². The number of phenols is 1. The van der Waals surface area contributed by atoms with Crippen molar-refractivity contribution in [3.05, 3.63) is 58.9 Å². The van der Waals surface area contributed by atoms with Crippen molar-refractivity contribution in [1.29, 1.82) is 0 Å². The van der Waals surface area contributed by atoms with E-state index in [0.717, 1.165) is 12.0 Å². The quantitative estimate of drug-likeness (QED) is 0.846. The molecule has 100 valence electrons. The van der Waals surface area contributed by atoms with Gasteiger partial charge in [-0.15, -0.1) is 0 Å². The Morgan fingerprint density at radius 1 is 1.21 bits per heavy atom. The normalized spacial score (nSPS) is 12.2. The zero-order valence-corrected chi connectivity index (χ0v) is 11.3. The molecular formula is C15H15ClFNO. The Kier molecular flexibility index (Phi) is 4.27. The molecule has 0 bridgehead atoms. The Morgan fingerprint density at radius 3 is 2.53 bits per heavy atom. The minimum absolute atomic E-state index is 0.0337. The van der Waals surface area contributed by atoms with Crippen LogP contribution in [0, 0.1) is 5.82 Å². The molecule has 0 saturated heterocycles. The van der Waals surface area contributed by atoms with Crippen LogP contribution in [0.25, 0.3) is 0 Å². The molecule has 0 aliphatic carbocycles. The second-order valence-electron chi connectivity index (χ2n) is 4.30. The van der Waals surface area contributed by atoms with E-state index in [1.165, 1.54) is 6.07 Å². The highest BCUT2D eigenvalue weighted by atomic mass is 35.5. The Morgan fingerprint density at radius 2 is 1.89 bits per heavy atom. The first kappa shape index (κ1) is 13.7. The van der Waals surface area contributed by atoms with Gasteiger partial charge in [-0.25, -0.2) is 4.39 Å². The maximum Gasteiger partial charge on any atom is 0.164 e. The average molecular weight is 280 g/mol. The van der Waals surface area contributed by atoms with Crippen LogP contribution in [0.3, 0.4) is 0 Å². The third-order valence-corrected chi connectivity index (χ3v) is 3.28. The summed E-state index contributed by atoms with van der Waals surface area (Å²) in [5, 5.41) is 12.5. The number of rotatable bonds is 4. The fraction of sp³-hybridized carbons (Fsp3) is 0.200. The van der Waals surface area contributed by atoms with Crippen molar-refractivity contribution in [2.75, 3.05) is 5.32 Å². The molecule has 2 N–H and O–H groups in total. The van der Waals surface area contributed by atoms with Crippen LogP contribution in [0.5, 0.6) is 5.75 Å². The van der Waals surface area contributed by atoms with Crippen LogP contribution in [0.1, 0.15) is 24.9 Å². The van der Waals surface area contributed by atoms with E-state index in [2.05, 4.69) is 5.32 Å². The number of nitrogens with one attached hydrogen (secondary N) is 1. The molecule has 0 aliphatic rings. The van der Waals surface area contributed by atoms with Gasteiger partial charge in [-0.3, -0.25) is 0 Å². The van der Waals surface area contributed by atoms with Gasteiger partial charge in [0.1, 0.15) is 5.75 Å². The highest BCUT2D eigenvalue weighted by molar-refractivity contribution is 6.31. The summed E-state index contributed by atoms with van der Waals surface area (Å²) in [4.78, 5) is 0. The smallest absolute Gasteiger partial charge is 0.164 e. The summed E-state index contributed by atoms with van der Waals surface area (Å²) in [6, 6.07) is 11.7. The average Bonchev–Trinajstić information content (AvgIpc) is 2.42. The third kappa shape index (κ3) is 3.18. The molecule has 0 saturated carbocycles. The maximum absolute atomic E-state index is 13.8. The molecule has 0 radical (unpaired) electrons. The van der Waals surface area contributed by atoms with Gasteiger partial charge in [0.2, 0.25) is 0 Å². The van der Waals surface area contributed by atoms with Crippen LogP contribution in [0.2, 0.25) is 5.02 Å². The number of halogens is 2. The Labute approximate surface area is 116 Å². The van der Waals surface area contributed by atoms with Crippen LogP contribution in [-0.2, 0) is 0 Å². The van der Waals surface area contributed by atoms with E-state index >= 15 is 0 Å². The van der Waals surface area contributed by atoms with Gasteiger partial charge in [0.25, 0.3) is 0 Å². The topological polar surface area (TPSA) is 32.3 Å². The molecule has 0 amide bonds. The van der Waals surface area contributed by atoms with Crippen LogP contribution in [0.4, 0.5) is 10.1 Å². The van der Waals surface area contributed by atoms with Crippen molar-refractivity contribution >= 4 is 17.3 Å². The van der Waals surface area contributed by atoms with Gasteiger partial charge in [-0.05, 0) is 36.2 Å². The third-order valence-electron chi connectivity index (χ3n) is 2.99. The standard InChI is InChI=1S/C15H15ClFNO/c1-2-13(10-6-8-11(19)9-7-10)18-14-5-3-4-12(16)15(14)17/h3-9,13,18-19H,2H2,1H3. The summed E-state index contributed by atoms with van der Waals surface area (Å²) in [6.45, 7) is 2.01. The molecule has 0 fully saturated rings. The van der Waals surface area contributed by atoms with Crippen LogP contribution >= 0.6 is 11.6 Å². The first-order valence-corrected chi connectivity index (χ1v) is 6.49. The fourth-order valence-corrected chi connectivity index (χ4v) is 2.11. The lowest BCUT2D eigenvalue weighted by Crippen LogP contribution is -2.10. The number of hydrogen-bond donors (Lipinski definition) is 2. The number of aromatic hydroxyl groups is 1. The molecule has 1 atom stereocenters. The molecule has 4 heteroatoms. The van der Waals surface area contributed by atoms with E-state index in [-0.39, 0.29) is 16.8 Å². The van der Waals surface area contributed by atoms with E-state index < -0.39 is 5.82 Å². The zero-order valence-electron chi connectivity index (χ0n) is 10.5. The predicted molar refractivity (Wildman–Crippen MR) is 76.2 cm³/mol. The van der Waals surface area contributed by atoms with E-state index in [1.54, 1.807) is 24.3 Å². The van der Waals surface area contributed by atoms with Crippen LogP contribution in [0.15, 0.2) is 42.5 Å². The second-order valence-corrected chi connectivity index (χ2v) is 4.71. The second kappa shape index (κ2) is 5.93. The molecule has 0 aromatic heterocycles. The largest absolute Gasteiger partial charge is 0.508 e. The molecule has 19 heavy (non-hydrogen) atoms. The van der Waals surface area contributed by atoms with Crippen molar-refractivity contribution in [3.63, 3.8) is 0 Å². The molecule has 2 aromatic rings. The van der Waals surface area contributed by atoms with Gasteiger partial charge in [0, 0.05) is 0 Å². The maximum atomic E-state index is 13.8. The highest BCUT2D eigenvalue weighted by Gasteiger charge is 2.13. The van der Waals surface area contributed by atoms with E-state index in [4.69, 9.17) is 11.6 Å². The SMILES string of the molecule is CCC(Nc1cccc(Cl)c1F)c1ccc(O)cc1. The number of hydrogen-bond acceptors (Lipinski definition) is 2. The summed E-state index contributed by atoms with van der Waals surface area (Å²) in [6.07, 6.45) is 0.788. The summed E-state index contributed by atoms with van der Waals surface area (Å²) < 4.78 is 13.8. The van der Waals surface area contributed by atoms with Gasteiger partial charge in [-0.2, -0.15) is 0 Å². The number of anilines is 1. The summed E-state index contributed by atoms with van der Waals surface area (Å²) in [5.74, 6) is -0.228. The summed E-state index contributed by atoms with van der Waals surface area (Å²) in [7, 11) is 0. The van der Waals surface area contributed by atoms with Crippen molar-refractivity contribution in [2.45, 2.75) is 19.4 Å². The molecule has 2 nitrogen and oxygen atoms in total. The molecule has 1 unspecified atom stereocenters. The van der Waals surface area contributed by atoms with Gasteiger partial charge >= 0.3 is 0 Å². The molecule has 0 aliphatic heterocycles. The predicted octanol–water partition coefficient (Wildman–Crippen LogP) is 4.75. The monoisotopic (exact) mass is 279 g/mol. The lowest BCUT2D eigenvalue weighted by molar-refractivity contribution is 0.475. The summed E-state index contributed by atoms with van der Waals surface area (Å²) >= 11 is 5.76. The Balaban J connectivity index is 2.24. The lowest BCUT2D eigenvalue weighted by Gasteiger charge is -2.19. The summed E-state index contributed by atoms with van der Waals surface area (Å²) in [5.41, 5.74) is 1.37. The minimum atomic E-state index is -0.443.